The number of nitrogens with one attached hydrogen (secondary N) is 1. The van der Waals surface area contributed by atoms with Crippen molar-refractivity contribution in [2.75, 3.05) is 24.3 Å². The maximum atomic E-state index is 12.8. The first-order valence-corrected chi connectivity index (χ1v) is 11.9. The van der Waals surface area contributed by atoms with E-state index < -0.39 is 29.2 Å². The number of carboxylic acids is 1. The van der Waals surface area contributed by atoms with Crippen LogP contribution in [0.25, 0.3) is 0 Å². The number of oxime groups is 1. The Labute approximate surface area is 198 Å². The first-order valence-electron chi connectivity index (χ1n) is 9.08. The summed E-state index contributed by atoms with van der Waals surface area (Å²) >= 11 is 3.48. The van der Waals surface area contributed by atoms with Crippen LogP contribution in [0.4, 0.5) is 5.13 Å². The highest BCUT2D eigenvalue weighted by Gasteiger charge is 2.54. The molecule has 2 aliphatic heterocycles. The zero-order valence-electron chi connectivity index (χ0n) is 17.0. The molecule has 1 unspecified atom stereocenters. The topological polar surface area (TPSA) is 204 Å². The minimum absolute atomic E-state index is 0.0412. The third-order valence-corrected chi connectivity index (χ3v) is 7.52. The lowest BCUT2D eigenvalue weighted by molar-refractivity contribution is -0.150. The third kappa shape index (κ3) is 4.35. The molecular weight excluding hydrogens is 496 g/mol. The summed E-state index contributed by atoms with van der Waals surface area (Å²) in [4.78, 5) is 47.3. The largest absolute Gasteiger partial charge is 0.477 e. The molecule has 33 heavy (non-hydrogen) atoms. The maximum Gasteiger partial charge on any atom is 0.352 e. The summed E-state index contributed by atoms with van der Waals surface area (Å²) in [6, 6.07) is -0.952. The lowest BCUT2D eigenvalue weighted by Gasteiger charge is -2.49. The molecule has 4 heterocycles. The fourth-order valence-corrected chi connectivity index (χ4v) is 5.88. The molecule has 2 aliphatic rings. The van der Waals surface area contributed by atoms with E-state index in [0.717, 1.165) is 11.5 Å². The standard InChI is InChI=1S/C15H16N10O5S3/c1-24-15(19-22-23-24)32-4-5-3-31-12-7(11(27)25(12)8(5)13(28)29)17-10(26)6(20-30-2)9-18-14(16)33-21-9/h7,12H,3-4H2,1-2H3,(H,17,26)(H,28,29)(H2,16,18,21)/t7?,12-/m0/s1. The van der Waals surface area contributed by atoms with Gasteiger partial charge in [0.05, 0.1) is 0 Å². The molecule has 4 N–H and O–H groups in total. The molecule has 2 atom stereocenters. The molecule has 2 aromatic heterocycles. The number of aliphatic carboxylic acids is 1. The summed E-state index contributed by atoms with van der Waals surface area (Å²) < 4.78 is 5.40. The number of thioether (sulfide) groups is 2. The SMILES string of the molecule is CON=C(C(=O)NC1C(=O)N2C(C(=O)O)=C(CSc3nnnn3C)CS[C@@H]12)c1nsc(N)n1. The van der Waals surface area contributed by atoms with Crippen LogP contribution < -0.4 is 11.1 Å². The van der Waals surface area contributed by atoms with Crippen LogP contribution in [0.15, 0.2) is 21.6 Å². The molecule has 0 aliphatic carbocycles. The third-order valence-electron chi connectivity index (χ3n) is 4.54. The number of rotatable bonds is 8. The molecule has 15 nitrogen and oxygen atoms in total. The number of amides is 2. The van der Waals surface area contributed by atoms with Crippen LogP contribution in [-0.2, 0) is 26.3 Å². The van der Waals surface area contributed by atoms with Crippen LogP contribution >= 0.6 is 35.1 Å². The van der Waals surface area contributed by atoms with Gasteiger partial charge >= 0.3 is 5.97 Å². The number of aromatic nitrogens is 6. The van der Waals surface area contributed by atoms with Crippen molar-refractivity contribution in [2.45, 2.75) is 16.6 Å². The van der Waals surface area contributed by atoms with Crippen LogP contribution in [0.3, 0.4) is 0 Å². The second kappa shape index (κ2) is 9.32. The first kappa shape index (κ1) is 22.9. The summed E-state index contributed by atoms with van der Waals surface area (Å²) in [5.74, 6) is -1.93. The Morgan fingerprint density at radius 1 is 1.45 bits per heavy atom. The smallest absolute Gasteiger partial charge is 0.352 e. The van der Waals surface area contributed by atoms with Gasteiger partial charge in [-0.3, -0.25) is 14.5 Å². The lowest BCUT2D eigenvalue weighted by Crippen LogP contribution is -2.71. The number of anilines is 1. The number of β-lactam (4-membered cyclic amide) rings is 1. The molecule has 18 heteroatoms. The molecule has 1 saturated heterocycles. The van der Waals surface area contributed by atoms with E-state index >= 15 is 0 Å². The van der Waals surface area contributed by atoms with Crippen molar-refractivity contribution in [3.63, 3.8) is 0 Å². The molecule has 1 fully saturated rings. The maximum absolute atomic E-state index is 12.8. The van der Waals surface area contributed by atoms with Crippen LogP contribution in [0, 0.1) is 0 Å². The van der Waals surface area contributed by atoms with Gasteiger partial charge in [-0.05, 0) is 16.0 Å². The number of aryl methyl sites for hydroxylation is 1. The van der Waals surface area contributed by atoms with Crippen molar-refractivity contribution >= 4 is 63.7 Å². The van der Waals surface area contributed by atoms with Gasteiger partial charge in [-0.15, -0.1) is 16.9 Å². The molecule has 2 amide bonds. The summed E-state index contributed by atoms with van der Waals surface area (Å²) in [5.41, 5.74) is 5.76. The van der Waals surface area contributed by atoms with Gasteiger partial charge < -0.3 is 21.0 Å². The van der Waals surface area contributed by atoms with E-state index in [9.17, 15) is 19.5 Å². The highest BCUT2D eigenvalue weighted by molar-refractivity contribution is 8.01. The number of tetrazole rings is 1. The average Bonchev–Trinajstić information content (AvgIpc) is 3.40. The number of carbonyl (C=O) groups excluding carboxylic acids is 2. The second-order valence-electron chi connectivity index (χ2n) is 6.57. The van der Waals surface area contributed by atoms with E-state index in [1.165, 1.54) is 40.2 Å². The molecule has 4 rings (SSSR count). The van der Waals surface area contributed by atoms with Crippen molar-refractivity contribution < 1.29 is 24.3 Å². The number of carbonyl (C=O) groups is 3. The van der Waals surface area contributed by atoms with Crippen molar-refractivity contribution in [1.82, 2.24) is 39.8 Å². The summed E-state index contributed by atoms with van der Waals surface area (Å²) in [6.45, 7) is 0. The Bertz CT molecular complexity index is 1180. The number of nitrogens with zero attached hydrogens (tertiary/aromatic N) is 8. The quantitative estimate of drug-likeness (QED) is 0.160. The van der Waals surface area contributed by atoms with E-state index in [4.69, 9.17) is 10.6 Å². The van der Waals surface area contributed by atoms with Gasteiger partial charge in [-0.25, -0.2) is 9.48 Å². The summed E-state index contributed by atoms with van der Waals surface area (Å²) in [5, 5.41) is 27.2. The van der Waals surface area contributed by atoms with Crippen LogP contribution in [0.2, 0.25) is 0 Å². The molecule has 0 aromatic carbocycles. The van der Waals surface area contributed by atoms with Gasteiger partial charge in [0.2, 0.25) is 16.7 Å². The van der Waals surface area contributed by atoms with Crippen molar-refractivity contribution in [2.24, 2.45) is 12.2 Å². The van der Waals surface area contributed by atoms with Crippen LogP contribution in [0.5, 0.6) is 0 Å². The molecule has 0 radical (unpaired) electrons. The minimum atomic E-state index is -1.23. The number of hydrogen-bond donors (Lipinski definition) is 3. The number of hydrogen-bond acceptors (Lipinski definition) is 14. The van der Waals surface area contributed by atoms with Gasteiger partial charge in [-0.1, -0.05) is 16.9 Å². The number of nitrogens with two attached hydrogens (primary N) is 1. The lowest BCUT2D eigenvalue weighted by atomic mass is 10.0. The van der Waals surface area contributed by atoms with E-state index in [1.807, 2.05) is 0 Å². The fourth-order valence-electron chi connectivity index (χ4n) is 3.11. The van der Waals surface area contributed by atoms with Crippen molar-refractivity contribution in [1.29, 1.82) is 0 Å². The Morgan fingerprint density at radius 2 is 2.24 bits per heavy atom. The molecule has 0 saturated carbocycles. The van der Waals surface area contributed by atoms with Gasteiger partial charge in [0.25, 0.3) is 11.8 Å². The summed E-state index contributed by atoms with van der Waals surface area (Å²) in [7, 11) is 2.92. The van der Waals surface area contributed by atoms with Crippen molar-refractivity contribution in [3.8, 4) is 0 Å². The number of fused-ring (bicyclic) bond motifs is 1. The zero-order chi connectivity index (χ0) is 23.7. The van der Waals surface area contributed by atoms with E-state index in [-0.39, 0.29) is 28.1 Å². The van der Waals surface area contributed by atoms with E-state index in [0.29, 0.717) is 16.5 Å². The molecular formula is C15H16N10O5S3. The highest BCUT2D eigenvalue weighted by atomic mass is 32.2. The molecule has 0 spiro atoms. The molecule has 0 bridgehead atoms. The van der Waals surface area contributed by atoms with Crippen molar-refractivity contribution in [3.05, 3.63) is 17.1 Å². The van der Waals surface area contributed by atoms with Crippen LogP contribution in [-0.4, -0.2) is 93.1 Å². The number of nitrogen functional groups attached to an aromatic ring is 1. The van der Waals surface area contributed by atoms with E-state index in [2.05, 4.69) is 35.4 Å². The molecule has 174 valence electrons. The Morgan fingerprint density at radius 3 is 2.85 bits per heavy atom. The van der Waals surface area contributed by atoms with Gasteiger partial charge in [0.15, 0.2) is 5.13 Å². The van der Waals surface area contributed by atoms with Crippen LogP contribution in [0.1, 0.15) is 5.82 Å². The molecule has 2 aromatic rings. The van der Waals surface area contributed by atoms with E-state index in [1.54, 1.807) is 7.05 Å². The Kier molecular flexibility index (Phi) is 6.47. The highest BCUT2D eigenvalue weighted by Crippen LogP contribution is 2.41. The fraction of sp³-hybridized carbons (Fsp3) is 0.400. The minimum Gasteiger partial charge on any atom is -0.477 e. The number of carboxylic acid groups (broad SMARTS) is 1. The second-order valence-corrected chi connectivity index (χ2v) is 9.40. The first-order chi connectivity index (χ1) is 15.8. The Balaban J connectivity index is 1.49. The van der Waals surface area contributed by atoms with Gasteiger partial charge in [-0.2, -0.15) is 9.36 Å². The normalized spacial score (nSPS) is 20.4. The predicted molar refractivity (Wildman–Crippen MR) is 117 cm³/mol. The van der Waals surface area contributed by atoms with Gasteiger partial charge in [0, 0.05) is 30.1 Å². The predicted octanol–water partition coefficient (Wildman–Crippen LogP) is -1.47. The van der Waals surface area contributed by atoms with Gasteiger partial charge in [0.1, 0.15) is 24.2 Å². The Hall–Kier alpha value is -3.25. The monoisotopic (exact) mass is 512 g/mol. The average molecular weight is 513 g/mol. The summed E-state index contributed by atoms with van der Waals surface area (Å²) in [6.07, 6.45) is 0. The zero-order valence-corrected chi connectivity index (χ0v) is 19.5.